The molecule has 0 fully saturated rings. The van der Waals surface area contributed by atoms with Crippen molar-refractivity contribution in [2.45, 2.75) is 91.5 Å². The SMILES string of the molecule is CC(C)(C)OC(C)(C)C.C[C@H](Cc1cccc(CCNC(=O)O)c1)N[C@H](C)c1ccccc1. The molecule has 33 heavy (non-hydrogen) atoms. The van der Waals surface area contributed by atoms with Crippen LogP contribution in [0.3, 0.4) is 0 Å². The zero-order chi connectivity index (χ0) is 25.1. The predicted octanol–water partition coefficient (Wildman–Crippen LogP) is 6.38. The van der Waals surface area contributed by atoms with Gasteiger partial charge in [0.05, 0.1) is 11.2 Å². The molecule has 5 heteroatoms. The van der Waals surface area contributed by atoms with Gasteiger partial charge in [0.1, 0.15) is 0 Å². The van der Waals surface area contributed by atoms with Crippen LogP contribution in [0, 0.1) is 0 Å². The van der Waals surface area contributed by atoms with Gasteiger partial charge in [-0.3, -0.25) is 0 Å². The fourth-order valence-corrected chi connectivity index (χ4v) is 3.82. The van der Waals surface area contributed by atoms with Crippen LogP contribution in [0.1, 0.15) is 78.1 Å². The van der Waals surface area contributed by atoms with Crippen LogP contribution < -0.4 is 10.6 Å². The van der Waals surface area contributed by atoms with Crippen LogP contribution in [-0.2, 0) is 17.6 Å². The first kappa shape index (κ1) is 28.7. The summed E-state index contributed by atoms with van der Waals surface area (Å²) >= 11 is 0. The van der Waals surface area contributed by atoms with Crippen molar-refractivity contribution in [2.75, 3.05) is 6.54 Å². The molecule has 1 amide bonds. The Bertz CT molecular complexity index is 811. The van der Waals surface area contributed by atoms with Gasteiger partial charge >= 0.3 is 6.09 Å². The lowest BCUT2D eigenvalue weighted by Crippen LogP contribution is -2.31. The summed E-state index contributed by atoms with van der Waals surface area (Å²) in [6.07, 6.45) is 0.679. The molecule has 0 saturated heterocycles. The zero-order valence-electron chi connectivity index (χ0n) is 21.7. The normalized spacial score (nSPS) is 13.5. The monoisotopic (exact) mass is 456 g/mol. The minimum atomic E-state index is -0.973. The van der Waals surface area contributed by atoms with E-state index in [4.69, 9.17) is 9.84 Å². The second-order valence-electron chi connectivity index (χ2n) is 10.5. The molecule has 2 aromatic carbocycles. The molecule has 5 nitrogen and oxygen atoms in total. The molecule has 0 unspecified atom stereocenters. The fourth-order valence-electron chi connectivity index (χ4n) is 3.82. The molecular formula is C28H44N2O3. The Balaban J connectivity index is 0.000000513. The highest BCUT2D eigenvalue weighted by atomic mass is 16.5. The van der Waals surface area contributed by atoms with Crippen molar-refractivity contribution in [3.8, 4) is 0 Å². The Hall–Kier alpha value is -2.37. The van der Waals surface area contributed by atoms with Gasteiger partial charge in [-0.1, -0.05) is 54.6 Å². The van der Waals surface area contributed by atoms with Crippen LogP contribution in [0.4, 0.5) is 4.79 Å². The lowest BCUT2D eigenvalue weighted by Gasteiger charge is -2.30. The minimum absolute atomic E-state index is 0.0156. The van der Waals surface area contributed by atoms with Crippen LogP contribution >= 0.6 is 0 Å². The third kappa shape index (κ3) is 14.4. The summed E-state index contributed by atoms with van der Waals surface area (Å²) in [7, 11) is 0. The van der Waals surface area contributed by atoms with E-state index in [0.29, 0.717) is 25.0 Å². The van der Waals surface area contributed by atoms with E-state index < -0.39 is 6.09 Å². The number of carboxylic acid groups (broad SMARTS) is 1. The lowest BCUT2D eigenvalue weighted by atomic mass is 10.0. The number of benzene rings is 2. The van der Waals surface area contributed by atoms with Crippen LogP contribution in [0.2, 0.25) is 0 Å². The second kappa shape index (κ2) is 13.4. The van der Waals surface area contributed by atoms with E-state index in [9.17, 15) is 4.79 Å². The van der Waals surface area contributed by atoms with E-state index >= 15 is 0 Å². The van der Waals surface area contributed by atoms with Gasteiger partial charge in [-0.25, -0.2) is 4.79 Å². The van der Waals surface area contributed by atoms with Crippen molar-refractivity contribution in [3.05, 3.63) is 71.3 Å². The average molecular weight is 457 g/mol. The number of nitrogens with one attached hydrogen (secondary N) is 2. The standard InChI is InChI=1S/C20H26N2O2.C8H18O/c1-15(22-16(2)19-9-4-3-5-10-19)13-18-8-6-7-17(14-18)11-12-21-20(23)24;1-7(2,3)9-8(4,5)6/h3-10,14-16,21-22H,11-13H2,1-2H3,(H,23,24);1-6H3/t15-,16-;/m1./s1. The molecule has 0 aromatic heterocycles. The first-order chi connectivity index (χ1) is 15.2. The molecule has 3 N–H and O–H groups in total. The zero-order valence-corrected chi connectivity index (χ0v) is 21.7. The third-order valence-corrected chi connectivity index (χ3v) is 4.67. The number of carbonyl (C=O) groups is 1. The van der Waals surface area contributed by atoms with Gasteiger partial charge in [0.15, 0.2) is 0 Å². The summed E-state index contributed by atoms with van der Waals surface area (Å²) in [5.41, 5.74) is 3.68. The van der Waals surface area contributed by atoms with Crippen molar-refractivity contribution in [1.82, 2.24) is 10.6 Å². The highest BCUT2D eigenvalue weighted by molar-refractivity contribution is 5.64. The predicted molar refractivity (Wildman–Crippen MR) is 138 cm³/mol. The average Bonchev–Trinajstić information content (AvgIpc) is 2.66. The molecular weight excluding hydrogens is 412 g/mol. The number of rotatable bonds is 8. The van der Waals surface area contributed by atoms with Crippen molar-refractivity contribution >= 4 is 6.09 Å². The molecule has 0 spiro atoms. The Labute approximate surface area is 201 Å². The Morgan fingerprint density at radius 2 is 1.48 bits per heavy atom. The minimum Gasteiger partial charge on any atom is -0.465 e. The van der Waals surface area contributed by atoms with E-state index in [0.717, 1.165) is 12.0 Å². The molecule has 0 aliphatic rings. The maximum absolute atomic E-state index is 10.5. The third-order valence-electron chi connectivity index (χ3n) is 4.67. The van der Waals surface area contributed by atoms with Crippen LogP contribution in [-0.4, -0.2) is 35.0 Å². The van der Waals surface area contributed by atoms with Crippen molar-refractivity contribution in [1.29, 1.82) is 0 Å². The molecule has 0 radical (unpaired) electrons. The van der Waals surface area contributed by atoms with Gasteiger partial charge < -0.3 is 20.5 Å². The summed E-state index contributed by atoms with van der Waals surface area (Å²) in [4.78, 5) is 10.5. The molecule has 0 aliphatic heterocycles. The van der Waals surface area contributed by atoms with Crippen molar-refractivity contribution in [2.24, 2.45) is 0 Å². The molecule has 2 atom stereocenters. The number of ether oxygens (including phenoxy) is 1. The highest BCUT2D eigenvalue weighted by Crippen LogP contribution is 2.18. The fraction of sp³-hybridized carbons (Fsp3) is 0.536. The van der Waals surface area contributed by atoms with Gasteiger partial charge in [0, 0.05) is 18.6 Å². The van der Waals surface area contributed by atoms with E-state index in [1.165, 1.54) is 11.1 Å². The molecule has 2 aromatic rings. The maximum Gasteiger partial charge on any atom is 0.404 e. The molecule has 0 saturated carbocycles. The van der Waals surface area contributed by atoms with Crippen molar-refractivity contribution < 1.29 is 14.6 Å². The van der Waals surface area contributed by atoms with Gasteiger partial charge in [-0.2, -0.15) is 0 Å². The summed E-state index contributed by atoms with van der Waals surface area (Å²) in [5.74, 6) is 0. The molecule has 0 heterocycles. The van der Waals surface area contributed by atoms with Gasteiger partial charge in [-0.15, -0.1) is 0 Å². The smallest absolute Gasteiger partial charge is 0.404 e. The topological polar surface area (TPSA) is 70.6 Å². The Kier molecular flexibility index (Phi) is 11.6. The Morgan fingerprint density at radius 3 is 2.00 bits per heavy atom. The van der Waals surface area contributed by atoms with E-state index in [2.05, 4.69) is 102 Å². The van der Waals surface area contributed by atoms with Crippen LogP contribution in [0.25, 0.3) is 0 Å². The van der Waals surface area contributed by atoms with Crippen LogP contribution in [0.15, 0.2) is 54.6 Å². The van der Waals surface area contributed by atoms with E-state index in [1.807, 2.05) is 18.2 Å². The molecule has 184 valence electrons. The summed E-state index contributed by atoms with van der Waals surface area (Å²) in [5, 5.41) is 14.7. The molecule has 0 aliphatic carbocycles. The largest absolute Gasteiger partial charge is 0.465 e. The first-order valence-corrected chi connectivity index (χ1v) is 11.8. The van der Waals surface area contributed by atoms with Gasteiger partial charge in [0.2, 0.25) is 0 Å². The van der Waals surface area contributed by atoms with Gasteiger partial charge in [0.25, 0.3) is 0 Å². The summed E-state index contributed by atoms with van der Waals surface area (Å²) in [6, 6.07) is 19.5. The van der Waals surface area contributed by atoms with E-state index in [1.54, 1.807) is 0 Å². The summed E-state index contributed by atoms with van der Waals surface area (Å²) in [6.45, 7) is 17.2. The van der Waals surface area contributed by atoms with Crippen LogP contribution in [0.5, 0.6) is 0 Å². The first-order valence-electron chi connectivity index (χ1n) is 11.8. The number of hydrogen-bond donors (Lipinski definition) is 3. The highest BCUT2D eigenvalue weighted by Gasteiger charge is 2.20. The molecule has 2 rings (SSSR count). The maximum atomic E-state index is 10.5. The van der Waals surface area contributed by atoms with Gasteiger partial charge in [-0.05, 0) is 84.9 Å². The van der Waals surface area contributed by atoms with Crippen molar-refractivity contribution in [3.63, 3.8) is 0 Å². The quantitative estimate of drug-likeness (QED) is 0.431. The van der Waals surface area contributed by atoms with E-state index in [-0.39, 0.29) is 11.2 Å². The number of amides is 1. The molecule has 0 bridgehead atoms. The second-order valence-corrected chi connectivity index (χ2v) is 10.5. The lowest BCUT2D eigenvalue weighted by molar-refractivity contribution is -0.102. The number of hydrogen-bond acceptors (Lipinski definition) is 3. The summed E-state index contributed by atoms with van der Waals surface area (Å²) < 4.78 is 5.62. The Morgan fingerprint density at radius 1 is 0.909 bits per heavy atom.